The molecule has 0 radical (unpaired) electrons. The third kappa shape index (κ3) is 3.45. The molecule has 0 aliphatic heterocycles. The summed E-state index contributed by atoms with van der Waals surface area (Å²) in [7, 11) is 0. The fraction of sp³-hybridized carbons (Fsp3) is 0.105. The van der Waals surface area contributed by atoms with Crippen LogP contribution in [0.2, 0.25) is 0 Å². The van der Waals surface area contributed by atoms with Gasteiger partial charge >= 0.3 is 0 Å². The topological polar surface area (TPSA) is 106 Å². The average molecular weight is 375 g/mol. The van der Waals surface area contributed by atoms with Gasteiger partial charge in [-0.05, 0) is 25.1 Å². The van der Waals surface area contributed by atoms with Crippen molar-refractivity contribution < 1.29 is 9.59 Å². The molecule has 0 aliphatic rings. The van der Waals surface area contributed by atoms with Crippen LogP contribution in [-0.2, 0) is 6.54 Å². The van der Waals surface area contributed by atoms with E-state index in [0.29, 0.717) is 23.6 Å². The summed E-state index contributed by atoms with van der Waals surface area (Å²) in [6.07, 6.45) is 4.94. The van der Waals surface area contributed by atoms with Crippen molar-refractivity contribution in [2.45, 2.75) is 13.5 Å². The Labute approximate surface area is 160 Å². The van der Waals surface area contributed by atoms with Crippen LogP contribution in [0.15, 0.2) is 61.1 Å². The van der Waals surface area contributed by atoms with Gasteiger partial charge in [-0.1, -0.05) is 18.2 Å². The van der Waals surface area contributed by atoms with Gasteiger partial charge in [0.2, 0.25) is 0 Å². The van der Waals surface area contributed by atoms with E-state index >= 15 is 0 Å². The summed E-state index contributed by atoms with van der Waals surface area (Å²) in [4.78, 5) is 29.4. The van der Waals surface area contributed by atoms with Gasteiger partial charge in [0.05, 0.1) is 5.69 Å². The molecule has 0 saturated carbocycles. The maximum atomic E-state index is 12.7. The predicted molar refractivity (Wildman–Crippen MR) is 103 cm³/mol. The molecular weight excluding hydrogens is 358 g/mol. The molecule has 9 heteroatoms. The molecule has 0 saturated heterocycles. The van der Waals surface area contributed by atoms with Gasteiger partial charge in [-0.3, -0.25) is 14.3 Å². The van der Waals surface area contributed by atoms with Gasteiger partial charge < -0.3 is 10.6 Å². The number of fused-ring (bicyclic) bond motifs is 1. The predicted octanol–water partition coefficient (Wildman–Crippen LogP) is 2.45. The van der Waals surface area contributed by atoms with Crippen molar-refractivity contribution in [1.82, 2.24) is 24.4 Å². The van der Waals surface area contributed by atoms with Crippen LogP contribution in [0.3, 0.4) is 0 Å². The van der Waals surface area contributed by atoms with E-state index in [1.54, 1.807) is 47.5 Å². The minimum Gasteiger partial charge on any atom is -0.321 e. The Kier molecular flexibility index (Phi) is 4.55. The van der Waals surface area contributed by atoms with Crippen molar-refractivity contribution in [1.29, 1.82) is 0 Å². The quantitative estimate of drug-likeness (QED) is 0.557. The standard InChI is InChI=1S/C19H17N7O2/c1-2-25-12-15(17(24-25)19(28)21-13-7-4-3-5-8-13)22-18(27)14-11-16-20-9-6-10-26(16)23-14/h3-12H,2H2,1H3,(H,21,28)(H,22,27). The van der Waals surface area contributed by atoms with Crippen LogP contribution in [0.5, 0.6) is 0 Å². The second-order valence-electron chi connectivity index (χ2n) is 5.97. The number of rotatable bonds is 5. The lowest BCUT2D eigenvalue weighted by Crippen LogP contribution is -2.18. The highest BCUT2D eigenvalue weighted by Gasteiger charge is 2.20. The van der Waals surface area contributed by atoms with Crippen molar-refractivity contribution in [3.05, 3.63) is 72.4 Å². The first-order valence-electron chi connectivity index (χ1n) is 8.69. The van der Waals surface area contributed by atoms with Crippen molar-refractivity contribution in [3.8, 4) is 0 Å². The van der Waals surface area contributed by atoms with Crippen LogP contribution in [0.4, 0.5) is 11.4 Å². The van der Waals surface area contributed by atoms with E-state index in [2.05, 4.69) is 25.8 Å². The monoisotopic (exact) mass is 375 g/mol. The van der Waals surface area contributed by atoms with E-state index in [-0.39, 0.29) is 11.4 Å². The molecule has 0 spiro atoms. The summed E-state index contributed by atoms with van der Waals surface area (Å²) >= 11 is 0. The van der Waals surface area contributed by atoms with Crippen LogP contribution in [0.25, 0.3) is 5.65 Å². The average Bonchev–Trinajstić information content (AvgIpc) is 3.32. The zero-order valence-electron chi connectivity index (χ0n) is 15.0. The molecule has 3 aromatic heterocycles. The molecule has 4 rings (SSSR count). The number of hydrogen-bond donors (Lipinski definition) is 2. The molecule has 0 fully saturated rings. The zero-order valence-corrected chi connectivity index (χ0v) is 15.0. The Balaban J connectivity index is 1.59. The van der Waals surface area contributed by atoms with Crippen molar-refractivity contribution in [2.75, 3.05) is 10.6 Å². The summed E-state index contributed by atoms with van der Waals surface area (Å²) in [5.41, 5.74) is 1.82. The number of nitrogens with one attached hydrogen (secondary N) is 2. The first kappa shape index (κ1) is 17.4. The zero-order chi connectivity index (χ0) is 19.5. The molecule has 3 heterocycles. The summed E-state index contributed by atoms with van der Waals surface area (Å²) < 4.78 is 3.09. The SMILES string of the molecule is CCn1cc(NC(=O)c2cc3ncccn3n2)c(C(=O)Nc2ccccc2)n1. The van der Waals surface area contributed by atoms with E-state index in [4.69, 9.17) is 0 Å². The number of benzene rings is 1. The van der Waals surface area contributed by atoms with Crippen LogP contribution in [-0.4, -0.2) is 36.2 Å². The Bertz CT molecular complexity index is 1110. The maximum Gasteiger partial charge on any atom is 0.278 e. The largest absolute Gasteiger partial charge is 0.321 e. The Morgan fingerprint density at radius 3 is 2.61 bits per heavy atom. The van der Waals surface area contributed by atoms with Gasteiger partial charge in [-0.25, -0.2) is 9.50 Å². The molecule has 0 bridgehead atoms. The number of amides is 2. The molecule has 1 aromatic carbocycles. The van der Waals surface area contributed by atoms with E-state index in [1.165, 1.54) is 4.52 Å². The third-order valence-electron chi connectivity index (χ3n) is 4.05. The maximum absolute atomic E-state index is 12.7. The lowest BCUT2D eigenvalue weighted by Gasteiger charge is -2.05. The highest BCUT2D eigenvalue weighted by atomic mass is 16.2. The van der Waals surface area contributed by atoms with Gasteiger partial charge in [0, 0.05) is 36.9 Å². The first-order chi connectivity index (χ1) is 13.6. The minimum atomic E-state index is -0.449. The molecule has 0 aliphatic carbocycles. The van der Waals surface area contributed by atoms with Crippen LogP contribution in [0.1, 0.15) is 27.9 Å². The fourth-order valence-corrected chi connectivity index (χ4v) is 2.68. The van der Waals surface area contributed by atoms with Crippen molar-refractivity contribution in [2.24, 2.45) is 0 Å². The molecule has 2 N–H and O–H groups in total. The molecule has 28 heavy (non-hydrogen) atoms. The lowest BCUT2D eigenvalue weighted by molar-refractivity contribution is 0.102. The Morgan fingerprint density at radius 2 is 1.86 bits per heavy atom. The summed E-state index contributed by atoms with van der Waals surface area (Å²) in [6, 6.07) is 12.3. The second-order valence-corrected chi connectivity index (χ2v) is 5.97. The van der Waals surface area contributed by atoms with E-state index in [1.807, 2.05) is 25.1 Å². The van der Waals surface area contributed by atoms with Gasteiger partial charge in [-0.15, -0.1) is 0 Å². The second kappa shape index (κ2) is 7.31. The molecule has 2 amide bonds. The smallest absolute Gasteiger partial charge is 0.278 e. The lowest BCUT2D eigenvalue weighted by atomic mass is 10.3. The number of aryl methyl sites for hydroxylation is 1. The number of carbonyl (C=O) groups is 2. The molecule has 9 nitrogen and oxygen atoms in total. The molecular formula is C19H17N7O2. The van der Waals surface area contributed by atoms with Crippen molar-refractivity contribution >= 4 is 28.8 Å². The van der Waals surface area contributed by atoms with Crippen LogP contribution < -0.4 is 10.6 Å². The van der Waals surface area contributed by atoms with E-state index < -0.39 is 11.8 Å². The van der Waals surface area contributed by atoms with E-state index in [9.17, 15) is 9.59 Å². The van der Waals surface area contributed by atoms with Crippen molar-refractivity contribution in [3.63, 3.8) is 0 Å². The Hall–Kier alpha value is -4.01. The summed E-state index contributed by atoms with van der Waals surface area (Å²) in [6.45, 7) is 2.45. The van der Waals surface area contributed by atoms with Gasteiger partial charge in [-0.2, -0.15) is 10.2 Å². The molecule has 0 atom stereocenters. The highest BCUT2D eigenvalue weighted by molar-refractivity contribution is 6.11. The van der Waals surface area contributed by atoms with Crippen LogP contribution >= 0.6 is 0 Å². The normalized spacial score (nSPS) is 10.8. The first-order valence-corrected chi connectivity index (χ1v) is 8.69. The minimum absolute atomic E-state index is 0.126. The molecule has 140 valence electrons. The fourth-order valence-electron chi connectivity index (χ4n) is 2.68. The number of carbonyl (C=O) groups excluding carboxylic acids is 2. The van der Waals surface area contributed by atoms with Gasteiger partial charge in [0.1, 0.15) is 0 Å². The van der Waals surface area contributed by atoms with E-state index in [0.717, 1.165) is 0 Å². The van der Waals surface area contributed by atoms with Gasteiger partial charge in [0.25, 0.3) is 11.8 Å². The number of hydrogen-bond acceptors (Lipinski definition) is 5. The van der Waals surface area contributed by atoms with Crippen LogP contribution in [0, 0.1) is 0 Å². The number of nitrogens with zero attached hydrogens (tertiary/aromatic N) is 5. The molecule has 0 unspecified atom stereocenters. The summed E-state index contributed by atoms with van der Waals surface area (Å²) in [5, 5.41) is 14.0. The number of aromatic nitrogens is 5. The third-order valence-corrected chi connectivity index (χ3v) is 4.05. The number of para-hydroxylation sites is 1. The Morgan fingerprint density at radius 1 is 1.04 bits per heavy atom. The number of anilines is 2. The summed E-state index contributed by atoms with van der Waals surface area (Å²) in [5.74, 6) is -0.861. The molecule has 4 aromatic rings. The van der Waals surface area contributed by atoms with Gasteiger partial charge in [0.15, 0.2) is 17.0 Å². The highest BCUT2D eigenvalue weighted by Crippen LogP contribution is 2.18.